The normalized spacial score (nSPS) is 48.1. The third-order valence-corrected chi connectivity index (χ3v) is 7.90. The molecule has 0 bridgehead atoms. The third kappa shape index (κ3) is 2.21. The first-order valence-electron chi connectivity index (χ1n) is 9.06. The molecule has 6 atom stereocenters. The van der Waals surface area contributed by atoms with Gasteiger partial charge in [-0.15, -0.1) is 0 Å². The van der Waals surface area contributed by atoms with Crippen molar-refractivity contribution in [3.63, 3.8) is 0 Å². The Hall–Kier alpha value is -0.630. The van der Waals surface area contributed by atoms with Crippen LogP contribution in [0.4, 0.5) is 0 Å². The fourth-order valence-corrected chi connectivity index (χ4v) is 5.80. The molecule has 3 rings (SSSR count). The van der Waals surface area contributed by atoms with E-state index in [2.05, 4.69) is 26.8 Å². The van der Waals surface area contributed by atoms with Crippen molar-refractivity contribution in [1.82, 2.24) is 0 Å². The smallest absolute Gasteiger partial charge is 0.135 e. The summed E-state index contributed by atoms with van der Waals surface area (Å²) < 4.78 is 5.62. The van der Waals surface area contributed by atoms with E-state index >= 15 is 0 Å². The summed E-state index contributed by atoms with van der Waals surface area (Å²) in [4.78, 5) is 12.2. The molecule has 0 amide bonds. The van der Waals surface area contributed by atoms with Crippen LogP contribution in [0.15, 0.2) is 11.6 Å². The predicted molar refractivity (Wildman–Crippen MR) is 89.6 cm³/mol. The molecule has 0 heterocycles. The number of Topliss-reactive ketones (excluding diaryl/α,β-unsaturated/α-hetero) is 1. The van der Waals surface area contributed by atoms with Crippen molar-refractivity contribution in [2.75, 3.05) is 7.11 Å². The lowest BCUT2D eigenvalue weighted by atomic mass is 9.47. The van der Waals surface area contributed by atoms with Gasteiger partial charge in [0.1, 0.15) is 5.78 Å². The minimum Gasteiger partial charge on any atom is -0.381 e. The Morgan fingerprint density at radius 1 is 1.27 bits per heavy atom. The lowest BCUT2D eigenvalue weighted by Gasteiger charge is -2.57. The van der Waals surface area contributed by atoms with Crippen LogP contribution in [0, 0.1) is 28.6 Å². The Kier molecular flexibility index (Phi) is 4.04. The molecule has 2 saturated carbocycles. The fourth-order valence-electron chi connectivity index (χ4n) is 5.80. The van der Waals surface area contributed by atoms with Gasteiger partial charge in [0.25, 0.3) is 0 Å². The number of ketones is 1. The highest BCUT2D eigenvalue weighted by atomic mass is 16.5. The summed E-state index contributed by atoms with van der Waals surface area (Å²) in [5.41, 5.74) is 1.89. The molecule has 0 aliphatic heterocycles. The summed E-state index contributed by atoms with van der Waals surface area (Å²) in [7, 11) is 1.85. The van der Waals surface area contributed by atoms with E-state index in [1.54, 1.807) is 12.5 Å². The lowest BCUT2D eigenvalue weighted by molar-refractivity contribution is -0.136. The van der Waals surface area contributed by atoms with Crippen LogP contribution in [-0.4, -0.2) is 19.0 Å². The van der Waals surface area contributed by atoms with Crippen LogP contribution in [0.5, 0.6) is 0 Å². The van der Waals surface area contributed by atoms with E-state index in [9.17, 15) is 4.79 Å². The maximum Gasteiger partial charge on any atom is 0.135 e. The van der Waals surface area contributed by atoms with Gasteiger partial charge in [0.15, 0.2) is 0 Å². The van der Waals surface area contributed by atoms with E-state index in [4.69, 9.17) is 4.74 Å². The minimum absolute atomic E-state index is 0.105. The Morgan fingerprint density at radius 3 is 2.64 bits per heavy atom. The fraction of sp³-hybridized carbons (Fsp3) is 0.850. The van der Waals surface area contributed by atoms with E-state index in [1.807, 2.05) is 7.11 Å². The summed E-state index contributed by atoms with van der Waals surface area (Å²) in [6.45, 7) is 8.83. The number of methoxy groups -OCH3 is 1. The first kappa shape index (κ1) is 16.2. The van der Waals surface area contributed by atoms with E-state index in [0.29, 0.717) is 29.1 Å². The average Bonchev–Trinajstić information content (AvgIpc) is 2.49. The summed E-state index contributed by atoms with van der Waals surface area (Å²) in [6, 6.07) is 0. The Labute approximate surface area is 135 Å². The Bertz CT molecular complexity index is 494. The number of carbonyl (C=O) groups is 1. The number of carbonyl (C=O) groups excluding carboxylic acids is 1. The zero-order valence-electron chi connectivity index (χ0n) is 14.9. The molecule has 0 saturated heterocycles. The lowest BCUT2D eigenvalue weighted by Crippen LogP contribution is -2.51. The standard InChI is InChI=1S/C20H32O2/c1-13-17-7-6-15-12-16(22-5)8-10-20(15,4)18(17)9-11-19(13,3)14(2)21/h6,13,16-18H,7-12H2,1-5H3/t13?,16-,17?,18?,19?,20-/m0/s1. The predicted octanol–water partition coefficient (Wildman–Crippen LogP) is 4.78. The monoisotopic (exact) mass is 304 g/mol. The molecule has 2 fully saturated rings. The highest BCUT2D eigenvalue weighted by Crippen LogP contribution is 2.61. The van der Waals surface area contributed by atoms with Crippen LogP contribution in [0.1, 0.15) is 66.2 Å². The third-order valence-electron chi connectivity index (χ3n) is 7.90. The van der Waals surface area contributed by atoms with Gasteiger partial charge >= 0.3 is 0 Å². The van der Waals surface area contributed by atoms with Crippen LogP contribution < -0.4 is 0 Å². The first-order chi connectivity index (χ1) is 10.3. The highest BCUT2D eigenvalue weighted by Gasteiger charge is 2.54. The highest BCUT2D eigenvalue weighted by molar-refractivity contribution is 5.82. The second kappa shape index (κ2) is 5.47. The summed E-state index contributed by atoms with van der Waals surface area (Å²) in [6.07, 6.45) is 9.94. The molecular weight excluding hydrogens is 272 g/mol. The van der Waals surface area contributed by atoms with E-state index < -0.39 is 0 Å². The summed E-state index contributed by atoms with van der Waals surface area (Å²) in [5.74, 6) is 2.32. The zero-order chi connectivity index (χ0) is 16.1. The number of hydrogen-bond acceptors (Lipinski definition) is 2. The molecular formula is C20H32O2. The molecule has 124 valence electrons. The largest absolute Gasteiger partial charge is 0.381 e. The van der Waals surface area contributed by atoms with Crippen molar-refractivity contribution in [2.24, 2.45) is 28.6 Å². The van der Waals surface area contributed by atoms with Gasteiger partial charge in [0, 0.05) is 12.5 Å². The van der Waals surface area contributed by atoms with Crippen LogP contribution in [0.3, 0.4) is 0 Å². The molecule has 0 aromatic rings. The second-order valence-electron chi connectivity index (χ2n) is 8.55. The maximum absolute atomic E-state index is 12.2. The van der Waals surface area contributed by atoms with Crippen molar-refractivity contribution in [2.45, 2.75) is 72.3 Å². The van der Waals surface area contributed by atoms with E-state index in [-0.39, 0.29) is 5.41 Å². The summed E-state index contributed by atoms with van der Waals surface area (Å²) in [5, 5.41) is 0. The topological polar surface area (TPSA) is 26.3 Å². The van der Waals surface area contributed by atoms with Crippen LogP contribution in [-0.2, 0) is 9.53 Å². The number of hydrogen-bond donors (Lipinski definition) is 0. The molecule has 4 unspecified atom stereocenters. The van der Waals surface area contributed by atoms with Crippen molar-refractivity contribution in [1.29, 1.82) is 0 Å². The number of ether oxygens (including phenoxy) is 1. The molecule has 0 aromatic carbocycles. The quantitative estimate of drug-likeness (QED) is 0.686. The molecule has 2 nitrogen and oxygen atoms in total. The number of rotatable bonds is 2. The zero-order valence-corrected chi connectivity index (χ0v) is 14.9. The molecule has 0 radical (unpaired) electrons. The molecule has 2 heteroatoms. The van der Waals surface area contributed by atoms with E-state index in [0.717, 1.165) is 25.2 Å². The first-order valence-corrected chi connectivity index (χ1v) is 9.06. The van der Waals surface area contributed by atoms with Gasteiger partial charge in [0.2, 0.25) is 0 Å². The van der Waals surface area contributed by atoms with Gasteiger partial charge in [-0.2, -0.15) is 0 Å². The van der Waals surface area contributed by atoms with Gasteiger partial charge in [-0.3, -0.25) is 4.79 Å². The SMILES string of the molecule is CO[C@H]1CC[C@@]2(C)C(=CCC3C(C)C(C)(C(C)=O)CCC32)C1. The maximum atomic E-state index is 12.2. The van der Waals surface area contributed by atoms with Gasteiger partial charge in [-0.1, -0.05) is 32.4 Å². The van der Waals surface area contributed by atoms with Crippen molar-refractivity contribution in [3.05, 3.63) is 11.6 Å². The summed E-state index contributed by atoms with van der Waals surface area (Å²) >= 11 is 0. The molecule has 0 spiro atoms. The van der Waals surface area contributed by atoms with Crippen LogP contribution in [0.2, 0.25) is 0 Å². The molecule has 3 aliphatic rings. The van der Waals surface area contributed by atoms with Crippen molar-refractivity contribution in [3.8, 4) is 0 Å². The van der Waals surface area contributed by atoms with Gasteiger partial charge in [-0.25, -0.2) is 0 Å². The van der Waals surface area contributed by atoms with Crippen LogP contribution in [0.25, 0.3) is 0 Å². The van der Waals surface area contributed by atoms with Crippen molar-refractivity contribution >= 4 is 5.78 Å². The van der Waals surface area contributed by atoms with Crippen LogP contribution >= 0.6 is 0 Å². The van der Waals surface area contributed by atoms with E-state index in [1.165, 1.54) is 19.3 Å². The molecule has 0 N–H and O–H groups in total. The van der Waals surface area contributed by atoms with Gasteiger partial charge < -0.3 is 4.74 Å². The van der Waals surface area contributed by atoms with Gasteiger partial charge in [0.05, 0.1) is 6.10 Å². The number of fused-ring (bicyclic) bond motifs is 3. The Balaban J connectivity index is 1.89. The Morgan fingerprint density at radius 2 is 2.00 bits per heavy atom. The molecule has 22 heavy (non-hydrogen) atoms. The van der Waals surface area contributed by atoms with Gasteiger partial charge in [-0.05, 0) is 68.6 Å². The molecule has 0 aromatic heterocycles. The van der Waals surface area contributed by atoms with Crippen molar-refractivity contribution < 1.29 is 9.53 Å². The minimum atomic E-state index is -0.105. The second-order valence-corrected chi connectivity index (χ2v) is 8.55. The average molecular weight is 304 g/mol. The number of allylic oxidation sites excluding steroid dienone is 1. The molecule has 3 aliphatic carbocycles.